The zero-order valence-electron chi connectivity index (χ0n) is 26.8. The number of rotatable bonds is 11. The van der Waals surface area contributed by atoms with Gasteiger partial charge in [0.05, 0.1) is 24.7 Å². The molecule has 5 rings (SSSR count). The number of carbonyl (C=O) groups excluding carboxylic acids is 6. The molecule has 1 aromatic rings. The lowest BCUT2D eigenvalue weighted by Crippen LogP contribution is -2.71. The van der Waals surface area contributed by atoms with Gasteiger partial charge in [0.1, 0.15) is 40.7 Å². The third-order valence-electron chi connectivity index (χ3n) is 8.99. The van der Waals surface area contributed by atoms with Crippen molar-refractivity contribution in [1.29, 1.82) is 0 Å². The number of carbonyl (C=O) groups is 6. The molecule has 0 aromatic heterocycles. The zero-order chi connectivity index (χ0) is 35.5. The summed E-state index contributed by atoms with van der Waals surface area (Å²) in [4.78, 5) is 79.2. The van der Waals surface area contributed by atoms with Crippen molar-refractivity contribution in [2.24, 2.45) is 0 Å². The second-order valence-electron chi connectivity index (χ2n) is 12.8. The van der Waals surface area contributed by atoms with Crippen LogP contribution in [0.4, 0.5) is 0 Å². The molecule has 1 aromatic carbocycles. The average Bonchev–Trinajstić information content (AvgIpc) is 3.33. The van der Waals surface area contributed by atoms with Gasteiger partial charge in [-0.1, -0.05) is 18.7 Å². The van der Waals surface area contributed by atoms with Crippen LogP contribution >= 0.6 is 11.8 Å². The predicted octanol–water partition coefficient (Wildman–Crippen LogP) is -0.175. The van der Waals surface area contributed by atoms with E-state index in [2.05, 4.69) is 21.9 Å². The van der Waals surface area contributed by atoms with Crippen molar-refractivity contribution < 1.29 is 56.5 Å². The number of amides is 3. The van der Waals surface area contributed by atoms with Crippen LogP contribution in [0.5, 0.6) is 5.75 Å². The molecule has 0 bridgehead atoms. The number of nitrogens with one attached hydrogen (secondary N) is 2. The molecule has 18 heteroatoms. The van der Waals surface area contributed by atoms with Crippen LogP contribution in [0.3, 0.4) is 0 Å². The predicted molar refractivity (Wildman–Crippen MR) is 167 cm³/mol. The second kappa shape index (κ2) is 12.3. The first-order valence-electron chi connectivity index (χ1n) is 14.8. The van der Waals surface area contributed by atoms with Crippen molar-refractivity contribution in [3.05, 3.63) is 42.1 Å². The Morgan fingerprint density at radius 2 is 1.65 bits per heavy atom. The van der Waals surface area contributed by atoms with Gasteiger partial charge in [0.15, 0.2) is 9.84 Å². The van der Waals surface area contributed by atoms with E-state index in [1.807, 2.05) is 0 Å². The van der Waals surface area contributed by atoms with Crippen molar-refractivity contribution >= 4 is 57.2 Å². The van der Waals surface area contributed by atoms with E-state index in [-0.39, 0.29) is 24.3 Å². The summed E-state index contributed by atoms with van der Waals surface area (Å²) in [6.07, 6.45) is -0.446. The number of sulfone groups is 1. The van der Waals surface area contributed by atoms with Gasteiger partial charge >= 0.3 is 17.9 Å². The van der Waals surface area contributed by atoms with Crippen molar-refractivity contribution in [2.75, 3.05) is 13.9 Å². The van der Waals surface area contributed by atoms with Crippen LogP contribution in [0.1, 0.15) is 52.1 Å². The van der Waals surface area contributed by atoms with Gasteiger partial charge < -0.3 is 39.8 Å². The summed E-state index contributed by atoms with van der Waals surface area (Å²) in [6, 6.07) is 1.06. The highest BCUT2D eigenvalue weighted by molar-refractivity contribution is 8.01. The lowest BCUT2D eigenvalue weighted by Gasteiger charge is -2.44. The van der Waals surface area contributed by atoms with E-state index in [1.54, 1.807) is 13.8 Å². The quantitative estimate of drug-likeness (QED) is 0.155. The number of benzene rings is 1. The van der Waals surface area contributed by atoms with Crippen molar-refractivity contribution in [3.8, 4) is 5.75 Å². The summed E-state index contributed by atoms with van der Waals surface area (Å²) in [5.41, 5.74) is 0.578. The smallest absolute Gasteiger partial charge is 0.333 e. The molecular formula is C30H36N4O12S2. The molecule has 0 saturated carbocycles. The largest absolute Gasteiger partial charge is 0.508 e. The molecule has 0 aliphatic carbocycles. The van der Waals surface area contributed by atoms with Gasteiger partial charge in [0.2, 0.25) is 24.5 Å². The molecule has 4 fully saturated rings. The third kappa shape index (κ3) is 5.73. The third-order valence-corrected chi connectivity index (χ3v) is 13.4. The van der Waals surface area contributed by atoms with E-state index >= 15 is 0 Å². The maximum Gasteiger partial charge on any atom is 0.333 e. The van der Waals surface area contributed by atoms with Crippen LogP contribution in [-0.4, -0.2) is 111 Å². The molecule has 16 nitrogen and oxygen atoms in total. The van der Waals surface area contributed by atoms with E-state index in [0.29, 0.717) is 5.56 Å². The summed E-state index contributed by atoms with van der Waals surface area (Å²) in [5, 5.41) is 13.5. The monoisotopic (exact) mass is 708 g/mol. The fourth-order valence-corrected chi connectivity index (χ4v) is 10.1. The molecule has 0 radical (unpaired) electrons. The molecule has 48 heavy (non-hydrogen) atoms. The number of β-lactam (4-membered cyclic amide) rings is 2. The number of thioether (sulfide) groups is 1. The Labute approximate surface area is 280 Å². The standard InChI is InChI=1S/C30H36N4O12S2/c1-14(11-19(37)44-6)31-20(15-7-9-16(35)10-8-15)24(38)32-21-25(39)34-22(29(2,3)47-26(21)34)27(40)45-13-46-28(41)23-30(4,5)48(42,43)18-12-17(36)33(18)23/h7-10,18,20-23,26,31,35H,1,11-13H2,2-6H3,(H,32,38)/t18-,20?,21-,22+,23+,26-/m1/s1. The molecule has 4 aliphatic rings. The SMILES string of the molecule is C=C(CC(=O)OC)NC(C(=O)N[C@@H]1C(=O)N2[C@@H]1SC(C)(C)[C@@H]2C(=O)OCOC(=O)[C@@H]1N2C(=O)C[C@H]2S(=O)(=O)C1(C)C)c1ccc(O)cc1. The Kier molecular flexibility index (Phi) is 8.96. The van der Waals surface area contributed by atoms with Crippen LogP contribution in [0.2, 0.25) is 0 Å². The summed E-state index contributed by atoms with van der Waals surface area (Å²) in [7, 11) is -2.63. The first-order chi connectivity index (χ1) is 22.3. The van der Waals surface area contributed by atoms with Gasteiger partial charge in [-0.3, -0.25) is 19.2 Å². The summed E-state index contributed by atoms with van der Waals surface area (Å²) in [6.45, 7) is 8.97. The minimum atomic E-state index is -3.84. The number of phenolic OH excluding ortho intramolecular Hbond substituents is 1. The summed E-state index contributed by atoms with van der Waals surface area (Å²) in [5.74, 6) is -4.26. The Morgan fingerprint density at radius 1 is 1.04 bits per heavy atom. The molecule has 260 valence electrons. The maximum atomic E-state index is 13.5. The number of ether oxygens (including phenoxy) is 3. The molecule has 6 atom stereocenters. The molecular weight excluding hydrogens is 672 g/mol. The first kappa shape index (κ1) is 35.0. The normalized spacial score (nSPS) is 27.7. The minimum absolute atomic E-state index is 0.0383. The highest BCUT2D eigenvalue weighted by Crippen LogP contribution is 2.51. The van der Waals surface area contributed by atoms with Crippen molar-refractivity contribution in [3.63, 3.8) is 0 Å². The van der Waals surface area contributed by atoms with Crippen molar-refractivity contribution in [1.82, 2.24) is 20.4 Å². The number of hydrogen-bond donors (Lipinski definition) is 3. The lowest BCUT2D eigenvalue weighted by molar-refractivity contribution is -0.181. The van der Waals surface area contributed by atoms with Crippen LogP contribution < -0.4 is 10.6 Å². The van der Waals surface area contributed by atoms with Crippen LogP contribution in [0, 0.1) is 0 Å². The Bertz CT molecular complexity index is 1690. The van der Waals surface area contributed by atoms with E-state index in [1.165, 1.54) is 61.9 Å². The Morgan fingerprint density at radius 3 is 2.23 bits per heavy atom. The fraction of sp³-hybridized carbons (Fsp3) is 0.533. The van der Waals surface area contributed by atoms with Gasteiger partial charge in [0, 0.05) is 10.4 Å². The van der Waals surface area contributed by atoms with Crippen LogP contribution in [-0.2, 0) is 52.8 Å². The van der Waals surface area contributed by atoms with Crippen LogP contribution in [0.25, 0.3) is 0 Å². The average molecular weight is 709 g/mol. The maximum absolute atomic E-state index is 13.5. The highest BCUT2D eigenvalue weighted by atomic mass is 32.2. The molecule has 4 saturated heterocycles. The first-order valence-corrected chi connectivity index (χ1v) is 17.2. The summed E-state index contributed by atoms with van der Waals surface area (Å²) < 4.78 is 38.1. The van der Waals surface area contributed by atoms with Gasteiger partial charge in [0.25, 0.3) is 0 Å². The molecule has 0 spiro atoms. The number of esters is 3. The number of methoxy groups -OCH3 is 1. The molecule has 1 unspecified atom stereocenters. The topological polar surface area (TPSA) is 215 Å². The highest BCUT2D eigenvalue weighted by Gasteiger charge is 2.68. The van der Waals surface area contributed by atoms with Gasteiger partial charge in [-0.15, -0.1) is 11.8 Å². The number of fused-ring (bicyclic) bond motifs is 2. The minimum Gasteiger partial charge on any atom is -0.508 e. The van der Waals surface area contributed by atoms with Crippen molar-refractivity contribution in [2.45, 2.75) is 84.9 Å². The molecule has 4 heterocycles. The lowest BCUT2D eigenvalue weighted by atomic mass is 9.95. The van der Waals surface area contributed by atoms with Gasteiger partial charge in [-0.2, -0.15) is 0 Å². The van der Waals surface area contributed by atoms with E-state index < -0.39 is 96.7 Å². The Hall–Kier alpha value is -4.32. The second-order valence-corrected chi connectivity index (χ2v) is 17.3. The summed E-state index contributed by atoms with van der Waals surface area (Å²) >= 11 is 1.25. The fourth-order valence-electron chi connectivity index (χ4n) is 6.34. The van der Waals surface area contributed by atoms with E-state index in [9.17, 15) is 42.3 Å². The van der Waals surface area contributed by atoms with Crippen LogP contribution in [0.15, 0.2) is 36.5 Å². The van der Waals surface area contributed by atoms with Gasteiger partial charge in [-0.25, -0.2) is 18.0 Å². The number of hydrogen-bond acceptors (Lipinski definition) is 14. The number of aromatic hydroxyl groups is 1. The molecule has 3 amide bonds. The van der Waals surface area contributed by atoms with E-state index in [4.69, 9.17) is 9.47 Å². The molecule has 3 N–H and O–H groups in total. The number of phenols is 1. The van der Waals surface area contributed by atoms with Gasteiger partial charge in [-0.05, 0) is 45.4 Å². The molecule has 4 aliphatic heterocycles. The zero-order valence-corrected chi connectivity index (χ0v) is 28.4. The number of nitrogens with zero attached hydrogens (tertiary/aromatic N) is 2. The van der Waals surface area contributed by atoms with E-state index in [0.717, 1.165) is 4.90 Å². The Balaban J connectivity index is 1.22.